The molecule has 1 saturated heterocycles. The van der Waals surface area contributed by atoms with E-state index < -0.39 is 10.0 Å². The summed E-state index contributed by atoms with van der Waals surface area (Å²) in [7, 11) is -1.76. The van der Waals surface area contributed by atoms with Crippen LogP contribution in [0, 0.1) is 0 Å². The molecule has 110 valence electrons. The van der Waals surface area contributed by atoms with Crippen LogP contribution in [0.3, 0.4) is 0 Å². The van der Waals surface area contributed by atoms with Crippen LogP contribution >= 0.6 is 0 Å². The fourth-order valence-electron chi connectivity index (χ4n) is 2.87. The molecule has 0 spiro atoms. The Morgan fingerprint density at radius 1 is 1.40 bits per heavy atom. The van der Waals surface area contributed by atoms with E-state index in [1.165, 1.54) is 4.31 Å². The van der Waals surface area contributed by atoms with E-state index in [1.54, 1.807) is 13.2 Å². The zero-order valence-electron chi connectivity index (χ0n) is 11.6. The van der Waals surface area contributed by atoms with Gasteiger partial charge in [0.2, 0.25) is 10.0 Å². The number of anilines is 1. The number of nitrogens with one attached hydrogen (secondary N) is 1. The predicted octanol–water partition coefficient (Wildman–Crippen LogP) is 1.45. The first-order valence-electron chi connectivity index (χ1n) is 7.01. The first-order chi connectivity index (χ1) is 9.61. The zero-order valence-corrected chi connectivity index (χ0v) is 12.4. The van der Waals surface area contributed by atoms with E-state index in [1.807, 2.05) is 12.1 Å². The molecule has 0 saturated carbocycles. The van der Waals surface area contributed by atoms with Crippen LogP contribution in [0.15, 0.2) is 23.1 Å². The van der Waals surface area contributed by atoms with Crippen molar-refractivity contribution in [3.05, 3.63) is 23.8 Å². The number of fused-ring (bicyclic) bond motifs is 1. The molecule has 1 atom stereocenters. The van der Waals surface area contributed by atoms with E-state index in [0.717, 1.165) is 37.1 Å². The predicted molar refractivity (Wildman–Crippen MR) is 77.4 cm³/mol. The number of methoxy groups -OCH3 is 1. The van der Waals surface area contributed by atoms with Gasteiger partial charge in [-0.05, 0) is 43.0 Å². The van der Waals surface area contributed by atoms with Crippen molar-refractivity contribution < 1.29 is 13.2 Å². The SMILES string of the molecule is COC1CCN(S(=O)(=O)c2ccc3c(c2)CCCN3)C1. The molecule has 1 unspecified atom stereocenters. The van der Waals surface area contributed by atoms with E-state index >= 15 is 0 Å². The second-order valence-corrected chi connectivity index (χ2v) is 7.30. The highest BCUT2D eigenvalue weighted by Gasteiger charge is 2.32. The van der Waals surface area contributed by atoms with Crippen molar-refractivity contribution in [1.29, 1.82) is 0 Å². The normalized spacial score (nSPS) is 23.4. The molecule has 1 aromatic rings. The van der Waals surface area contributed by atoms with Gasteiger partial charge >= 0.3 is 0 Å². The first-order valence-corrected chi connectivity index (χ1v) is 8.45. The molecule has 2 aliphatic rings. The summed E-state index contributed by atoms with van der Waals surface area (Å²) in [6, 6.07) is 5.40. The van der Waals surface area contributed by atoms with Crippen LogP contribution in [0.25, 0.3) is 0 Å². The Balaban J connectivity index is 1.88. The van der Waals surface area contributed by atoms with Gasteiger partial charge in [0.05, 0.1) is 11.0 Å². The van der Waals surface area contributed by atoms with Crippen molar-refractivity contribution in [2.45, 2.75) is 30.3 Å². The molecule has 5 nitrogen and oxygen atoms in total. The van der Waals surface area contributed by atoms with Crippen LogP contribution < -0.4 is 5.32 Å². The number of nitrogens with zero attached hydrogens (tertiary/aromatic N) is 1. The molecule has 0 amide bonds. The summed E-state index contributed by atoms with van der Waals surface area (Å²) in [6.07, 6.45) is 2.77. The maximum absolute atomic E-state index is 12.6. The van der Waals surface area contributed by atoms with E-state index in [0.29, 0.717) is 18.0 Å². The third-order valence-electron chi connectivity index (χ3n) is 4.09. The van der Waals surface area contributed by atoms with Crippen LogP contribution in [-0.4, -0.2) is 45.6 Å². The Labute approximate surface area is 120 Å². The van der Waals surface area contributed by atoms with Gasteiger partial charge in [0, 0.05) is 32.4 Å². The maximum atomic E-state index is 12.6. The molecule has 1 aromatic carbocycles. The molecule has 6 heteroatoms. The lowest BCUT2D eigenvalue weighted by molar-refractivity contribution is 0.115. The van der Waals surface area contributed by atoms with Gasteiger partial charge in [-0.15, -0.1) is 0 Å². The van der Waals surface area contributed by atoms with E-state index in [9.17, 15) is 8.42 Å². The van der Waals surface area contributed by atoms with Crippen LogP contribution in [0.2, 0.25) is 0 Å². The maximum Gasteiger partial charge on any atom is 0.243 e. The monoisotopic (exact) mass is 296 g/mol. The number of rotatable bonds is 3. The number of hydrogen-bond acceptors (Lipinski definition) is 4. The van der Waals surface area contributed by atoms with E-state index in [4.69, 9.17) is 4.74 Å². The molecule has 3 rings (SSSR count). The lowest BCUT2D eigenvalue weighted by Gasteiger charge is -2.21. The van der Waals surface area contributed by atoms with Crippen molar-refractivity contribution in [1.82, 2.24) is 4.31 Å². The number of sulfonamides is 1. The fraction of sp³-hybridized carbons (Fsp3) is 0.571. The van der Waals surface area contributed by atoms with Gasteiger partial charge in [-0.3, -0.25) is 0 Å². The summed E-state index contributed by atoms with van der Waals surface area (Å²) >= 11 is 0. The minimum Gasteiger partial charge on any atom is -0.385 e. The standard InChI is InChI=1S/C14H20N2O3S/c1-19-12-6-8-16(10-12)20(17,18)13-4-5-14-11(9-13)3-2-7-15-14/h4-5,9,12,15H,2-3,6-8,10H2,1H3. The first kappa shape index (κ1) is 13.9. The third-order valence-corrected chi connectivity index (χ3v) is 5.96. The number of hydrogen-bond donors (Lipinski definition) is 1. The minimum atomic E-state index is -3.39. The van der Waals surface area contributed by atoms with Crippen LogP contribution in [0.5, 0.6) is 0 Å². The summed E-state index contributed by atoms with van der Waals surface area (Å²) in [6.45, 7) is 1.95. The average molecular weight is 296 g/mol. The molecular weight excluding hydrogens is 276 g/mol. The highest BCUT2D eigenvalue weighted by molar-refractivity contribution is 7.89. The van der Waals surface area contributed by atoms with Crippen molar-refractivity contribution in [2.24, 2.45) is 0 Å². The second kappa shape index (κ2) is 5.35. The number of benzene rings is 1. The molecule has 2 aliphatic heterocycles. The molecule has 20 heavy (non-hydrogen) atoms. The Kier molecular flexibility index (Phi) is 3.70. The van der Waals surface area contributed by atoms with Crippen molar-refractivity contribution in [3.8, 4) is 0 Å². The highest BCUT2D eigenvalue weighted by Crippen LogP contribution is 2.28. The van der Waals surface area contributed by atoms with Gasteiger partial charge < -0.3 is 10.1 Å². The smallest absolute Gasteiger partial charge is 0.243 e. The largest absolute Gasteiger partial charge is 0.385 e. The van der Waals surface area contributed by atoms with Crippen LogP contribution in [0.1, 0.15) is 18.4 Å². The average Bonchev–Trinajstić information content (AvgIpc) is 2.96. The van der Waals surface area contributed by atoms with Crippen LogP contribution in [-0.2, 0) is 21.2 Å². The van der Waals surface area contributed by atoms with E-state index in [2.05, 4.69) is 5.32 Å². The van der Waals surface area contributed by atoms with Gasteiger partial charge in [-0.25, -0.2) is 8.42 Å². The summed E-state index contributed by atoms with van der Waals surface area (Å²) in [5.74, 6) is 0. The Morgan fingerprint density at radius 3 is 3.00 bits per heavy atom. The molecule has 0 bridgehead atoms. The lowest BCUT2D eigenvalue weighted by atomic mass is 10.0. The van der Waals surface area contributed by atoms with Gasteiger partial charge in [0.1, 0.15) is 0 Å². The topological polar surface area (TPSA) is 58.6 Å². The fourth-order valence-corrected chi connectivity index (χ4v) is 4.41. The van der Waals surface area contributed by atoms with Crippen molar-refractivity contribution >= 4 is 15.7 Å². The molecule has 0 aliphatic carbocycles. The highest BCUT2D eigenvalue weighted by atomic mass is 32.2. The number of aryl methyl sites for hydroxylation is 1. The Morgan fingerprint density at radius 2 is 2.25 bits per heavy atom. The van der Waals surface area contributed by atoms with Gasteiger partial charge in [-0.2, -0.15) is 4.31 Å². The molecule has 0 radical (unpaired) electrons. The molecule has 2 heterocycles. The minimum absolute atomic E-state index is 0.0177. The van der Waals surface area contributed by atoms with Gasteiger partial charge in [-0.1, -0.05) is 0 Å². The quantitative estimate of drug-likeness (QED) is 0.917. The van der Waals surface area contributed by atoms with Gasteiger partial charge in [0.15, 0.2) is 0 Å². The Hall–Kier alpha value is -1.11. The van der Waals surface area contributed by atoms with Crippen LogP contribution in [0.4, 0.5) is 5.69 Å². The third kappa shape index (κ3) is 2.43. The summed E-state index contributed by atoms with van der Waals surface area (Å²) < 4.78 is 32.0. The molecule has 1 N–H and O–H groups in total. The molecule has 1 fully saturated rings. The Bertz CT molecular complexity index is 600. The van der Waals surface area contributed by atoms with Crippen molar-refractivity contribution in [3.63, 3.8) is 0 Å². The van der Waals surface area contributed by atoms with Gasteiger partial charge in [0.25, 0.3) is 0 Å². The zero-order chi connectivity index (χ0) is 14.2. The van der Waals surface area contributed by atoms with E-state index in [-0.39, 0.29) is 6.10 Å². The summed E-state index contributed by atoms with van der Waals surface area (Å²) in [5.41, 5.74) is 2.16. The van der Waals surface area contributed by atoms with Crippen molar-refractivity contribution in [2.75, 3.05) is 32.1 Å². The summed E-state index contributed by atoms with van der Waals surface area (Å²) in [4.78, 5) is 0.400. The molecule has 0 aromatic heterocycles. The second-order valence-electron chi connectivity index (χ2n) is 5.36. The number of ether oxygens (including phenoxy) is 1. The summed E-state index contributed by atoms with van der Waals surface area (Å²) in [5, 5.41) is 3.30. The molecular formula is C14H20N2O3S. The lowest BCUT2D eigenvalue weighted by Crippen LogP contribution is -2.30.